The Morgan fingerprint density at radius 3 is 3.13 bits per heavy atom. The summed E-state index contributed by atoms with van der Waals surface area (Å²) in [6, 6.07) is 3.41. The maximum absolute atomic E-state index is 12.0. The summed E-state index contributed by atoms with van der Waals surface area (Å²) in [6.07, 6.45) is 6.53. The molecule has 0 saturated carbocycles. The van der Waals surface area contributed by atoms with E-state index < -0.39 is 0 Å². The Bertz CT molecular complexity index is 645. The van der Waals surface area contributed by atoms with Crippen molar-refractivity contribution in [1.29, 1.82) is 0 Å². The van der Waals surface area contributed by atoms with E-state index >= 15 is 0 Å². The fraction of sp³-hybridized carbons (Fsp3) is 0.438. The smallest absolute Gasteiger partial charge is 0.287 e. The maximum atomic E-state index is 12.0. The summed E-state index contributed by atoms with van der Waals surface area (Å²) in [5.74, 6) is 1.42. The first-order valence-corrected chi connectivity index (χ1v) is 7.81. The van der Waals surface area contributed by atoms with Crippen LogP contribution in [0.1, 0.15) is 30.3 Å². The van der Waals surface area contributed by atoms with Crippen LogP contribution in [0, 0.1) is 0 Å². The minimum Gasteiger partial charge on any atom is -0.475 e. The van der Waals surface area contributed by atoms with E-state index in [9.17, 15) is 4.79 Å². The lowest BCUT2D eigenvalue weighted by atomic mass is 10.2. The van der Waals surface area contributed by atoms with E-state index in [0.29, 0.717) is 24.8 Å². The van der Waals surface area contributed by atoms with Gasteiger partial charge in [0.15, 0.2) is 11.6 Å². The summed E-state index contributed by atoms with van der Waals surface area (Å²) >= 11 is 0. The summed E-state index contributed by atoms with van der Waals surface area (Å²) in [4.78, 5) is 22.8. The van der Waals surface area contributed by atoms with Crippen molar-refractivity contribution < 1.29 is 13.9 Å². The first-order valence-electron chi connectivity index (χ1n) is 7.81. The molecule has 1 fully saturated rings. The van der Waals surface area contributed by atoms with Gasteiger partial charge in [-0.2, -0.15) is 0 Å². The Kier molecular flexibility index (Phi) is 4.75. The number of hydrogen-bond acceptors (Lipinski definition) is 6. The molecule has 0 bridgehead atoms. The monoisotopic (exact) mass is 316 g/mol. The molecule has 0 aliphatic carbocycles. The van der Waals surface area contributed by atoms with Crippen molar-refractivity contribution in [3.63, 3.8) is 0 Å². The second kappa shape index (κ2) is 7.13. The predicted molar refractivity (Wildman–Crippen MR) is 84.6 cm³/mol. The van der Waals surface area contributed by atoms with E-state index in [-0.39, 0.29) is 11.9 Å². The summed E-state index contributed by atoms with van der Waals surface area (Å²) in [7, 11) is 0. The summed E-state index contributed by atoms with van der Waals surface area (Å²) in [5, 5.41) is 2.98. The van der Waals surface area contributed by atoms with Gasteiger partial charge in [0.1, 0.15) is 0 Å². The fourth-order valence-corrected chi connectivity index (χ4v) is 2.57. The highest BCUT2D eigenvalue weighted by Crippen LogP contribution is 2.26. The minimum atomic E-state index is -0.191. The van der Waals surface area contributed by atoms with Gasteiger partial charge in [-0.25, -0.2) is 9.97 Å². The minimum absolute atomic E-state index is 0.0497. The highest BCUT2D eigenvalue weighted by atomic mass is 16.5. The van der Waals surface area contributed by atoms with Crippen LogP contribution in [0.4, 0.5) is 5.82 Å². The molecular formula is C16H20N4O3. The third-order valence-electron chi connectivity index (χ3n) is 3.66. The molecule has 3 heterocycles. The number of amides is 1. The molecule has 122 valence electrons. The van der Waals surface area contributed by atoms with Gasteiger partial charge in [0, 0.05) is 31.5 Å². The van der Waals surface area contributed by atoms with Crippen LogP contribution in [0.5, 0.6) is 5.88 Å². The average Bonchev–Trinajstić information content (AvgIpc) is 3.25. The van der Waals surface area contributed by atoms with Crippen LogP contribution in [0.2, 0.25) is 0 Å². The van der Waals surface area contributed by atoms with Crippen molar-refractivity contribution in [3.8, 4) is 5.88 Å². The predicted octanol–water partition coefficient (Wildman–Crippen LogP) is 1.87. The molecule has 0 unspecified atom stereocenters. The fourth-order valence-electron chi connectivity index (χ4n) is 2.57. The second-order valence-electron chi connectivity index (χ2n) is 5.42. The Balaban J connectivity index is 1.62. The van der Waals surface area contributed by atoms with E-state index in [1.807, 2.05) is 6.92 Å². The molecular weight excluding hydrogens is 296 g/mol. The zero-order valence-electron chi connectivity index (χ0n) is 13.1. The summed E-state index contributed by atoms with van der Waals surface area (Å²) in [6.45, 7) is 4.13. The van der Waals surface area contributed by atoms with Crippen molar-refractivity contribution in [3.05, 3.63) is 36.5 Å². The molecule has 3 rings (SSSR count). The van der Waals surface area contributed by atoms with Gasteiger partial charge in [-0.05, 0) is 25.0 Å². The number of rotatable bonds is 6. The van der Waals surface area contributed by atoms with E-state index in [1.165, 1.54) is 6.26 Å². The van der Waals surface area contributed by atoms with E-state index in [1.54, 1.807) is 24.5 Å². The number of nitrogens with one attached hydrogen (secondary N) is 1. The molecule has 1 atom stereocenters. The standard InChI is InChI=1S/C16H20N4O3/c1-2-9-23-16-14(17-6-7-18-16)20-8-5-12(11-20)19-15(21)13-4-3-10-22-13/h3-4,6-7,10,12H,2,5,8-9,11H2,1H3,(H,19,21)/t12-/m1/s1. The normalized spacial score (nSPS) is 17.3. The van der Waals surface area contributed by atoms with Crippen molar-refractivity contribution >= 4 is 11.7 Å². The van der Waals surface area contributed by atoms with Crippen molar-refractivity contribution in [2.75, 3.05) is 24.6 Å². The Hall–Kier alpha value is -2.57. The van der Waals surface area contributed by atoms with Gasteiger partial charge in [0.2, 0.25) is 0 Å². The van der Waals surface area contributed by atoms with Crippen LogP contribution >= 0.6 is 0 Å². The molecule has 1 amide bonds. The second-order valence-corrected chi connectivity index (χ2v) is 5.42. The SMILES string of the molecule is CCCOc1nccnc1N1CC[C@@H](NC(=O)c2ccco2)C1. The number of anilines is 1. The molecule has 0 aromatic carbocycles. The van der Waals surface area contributed by atoms with Crippen LogP contribution in [0.25, 0.3) is 0 Å². The average molecular weight is 316 g/mol. The van der Waals surface area contributed by atoms with Gasteiger partial charge in [-0.15, -0.1) is 0 Å². The van der Waals surface area contributed by atoms with Crippen LogP contribution in [0.3, 0.4) is 0 Å². The summed E-state index contributed by atoms with van der Waals surface area (Å²) < 4.78 is 10.8. The van der Waals surface area contributed by atoms with Crippen LogP contribution < -0.4 is 15.0 Å². The Morgan fingerprint density at radius 1 is 1.48 bits per heavy atom. The van der Waals surface area contributed by atoms with E-state index in [4.69, 9.17) is 9.15 Å². The molecule has 1 N–H and O–H groups in total. The third-order valence-corrected chi connectivity index (χ3v) is 3.66. The molecule has 7 nitrogen and oxygen atoms in total. The zero-order chi connectivity index (χ0) is 16.1. The quantitative estimate of drug-likeness (QED) is 0.876. The number of aromatic nitrogens is 2. The molecule has 2 aromatic rings. The number of carbonyl (C=O) groups is 1. The van der Waals surface area contributed by atoms with Gasteiger partial charge in [0.05, 0.1) is 12.9 Å². The number of carbonyl (C=O) groups excluding carboxylic acids is 1. The molecule has 2 aromatic heterocycles. The lowest BCUT2D eigenvalue weighted by Gasteiger charge is -2.19. The zero-order valence-corrected chi connectivity index (χ0v) is 13.1. The number of nitrogens with zero attached hydrogens (tertiary/aromatic N) is 3. The van der Waals surface area contributed by atoms with Gasteiger partial charge in [0.25, 0.3) is 11.8 Å². The van der Waals surface area contributed by atoms with Crippen LogP contribution in [-0.2, 0) is 0 Å². The van der Waals surface area contributed by atoms with E-state index in [0.717, 1.165) is 25.2 Å². The molecule has 1 aliphatic rings. The van der Waals surface area contributed by atoms with Gasteiger partial charge in [-0.3, -0.25) is 4.79 Å². The van der Waals surface area contributed by atoms with Crippen molar-refractivity contribution in [2.24, 2.45) is 0 Å². The van der Waals surface area contributed by atoms with Gasteiger partial charge >= 0.3 is 0 Å². The van der Waals surface area contributed by atoms with Crippen molar-refractivity contribution in [1.82, 2.24) is 15.3 Å². The largest absolute Gasteiger partial charge is 0.475 e. The maximum Gasteiger partial charge on any atom is 0.287 e. The molecule has 7 heteroatoms. The highest BCUT2D eigenvalue weighted by Gasteiger charge is 2.28. The van der Waals surface area contributed by atoms with Gasteiger partial charge < -0.3 is 19.4 Å². The Labute approximate surface area is 134 Å². The lowest BCUT2D eigenvalue weighted by Crippen LogP contribution is -2.37. The third kappa shape index (κ3) is 3.61. The topological polar surface area (TPSA) is 80.5 Å². The van der Waals surface area contributed by atoms with Crippen LogP contribution in [0.15, 0.2) is 35.2 Å². The molecule has 23 heavy (non-hydrogen) atoms. The first-order chi connectivity index (χ1) is 11.3. The van der Waals surface area contributed by atoms with Crippen molar-refractivity contribution in [2.45, 2.75) is 25.8 Å². The first kappa shape index (κ1) is 15.3. The molecule has 1 aliphatic heterocycles. The number of ether oxygens (including phenoxy) is 1. The molecule has 1 saturated heterocycles. The Morgan fingerprint density at radius 2 is 2.35 bits per heavy atom. The molecule has 0 spiro atoms. The lowest BCUT2D eigenvalue weighted by molar-refractivity contribution is 0.0912. The summed E-state index contributed by atoms with van der Waals surface area (Å²) in [5.41, 5.74) is 0. The number of hydrogen-bond donors (Lipinski definition) is 1. The highest BCUT2D eigenvalue weighted by molar-refractivity contribution is 5.91. The number of furan rings is 1. The van der Waals surface area contributed by atoms with Crippen LogP contribution in [-0.4, -0.2) is 41.6 Å². The molecule has 0 radical (unpaired) electrons. The van der Waals surface area contributed by atoms with Gasteiger partial charge in [-0.1, -0.05) is 6.92 Å². The van der Waals surface area contributed by atoms with E-state index in [2.05, 4.69) is 20.2 Å².